The quantitative estimate of drug-likeness (QED) is 0.101. The molecule has 0 unspecified atom stereocenters. The number of aromatic nitrogens is 4. The summed E-state index contributed by atoms with van der Waals surface area (Å²) in [6.45, 7) is 7.08. The molecule has 14 heteroatoms. The predicted molar refractivity (Wildman–Crippen MR) is 223 cm³/mol. The van der Waals surface area contributed by atoms with Crippen LogP contribution in [0.3, 0.4) is 0 Å². The van der Waals surface area contributed by atoms with Crippen LogP contribution in [0.1, 0.15) is 25.2 Å². The van der Waals surface area contributed by atoms with Crippen LogP contribution in [0.15, 0.2) is 139 Å². The number of para-hydroxylation sites is 2. The van der Waals surface area contributed by atoms with Crippen LogP contribution in [0.2, 0.25) is 0 Å². The summed E-state index contributed by atoms with van der Waals surface area (Å²) in [5.41, 5.74) is 13.1. The first kappa shape index (κ1) is 37.5. The fourth-order valence-electron chi connectivity index (χ4n) is 5.66. The average Bonchev–Trinajstić information content (AvgIpc) is 3.53. The van der Waals surface area contributed by atoms with E-state index in [1.54, 1.807) is 32.6 Å². The Balaban J connectivity index is 1.08. The zero-order valence-electron chi connectivity index (χ0n) is 30.5. The third-order valence-electron chi connectivity index (χ3n) is 8.87. The molecule has 4 aromatic carbocycles. The van der Waals surface area contributed by atoms with E-state index in [-0.39, 0.29) is 21.5 Å². The van der Waals surface area contributed by atoms with Crippen LogP contribution in [-0.2, 0) is 14.1 Å². The summed E-state index contributed by atoms with van der Waals surface area (Å²) in [7, 11) is 3.63. The Kier molecular flexibility index (Phi) is 11.2. The van der Waals surface area contributed by atoms with E-state index in [0.29, 0.717) is 34.2 Å². The van der Waals surface area contributed by atoms with E-state index in [9.17, 15) is 9.59 Å². The van der Waals surface area contributed by atoms with Crippen LogP contribution in [0.25, 0.3) is 22.5 Å². The molecule has 274 valence electrons. The van der Waals surface area contributed by atoms with E-state index >= 15 is 0 Å². The van der Waals surface area contributed by atoms with Crippen molar-refractivity contribution in [3.63, 3.8) is 0 Å². The molecule has 0 fully saturated rings. The fourth-order valence-corrected chi connectivity index (χ4v) is 5.83. The number of nitrogens with one attached hydrogen (secondary N) is 2. The maximum absolute atomic E-state index is 13.2. The SMILES string of the molecule is CC(=Nc1c(C)n(C)n(-c2ccccc2)c1=O)/C(Cl)=N\Nc1ccc(-c2ccc(N/N=C(/Cl)C(C)=Nc3c(C)n(C)n(-c4ccccc4)c3=O)cc2)cc1. The van der Waals surface area contributed by atoms with E-state index in [4.69, 9.17) is 23.2 Å². The first-order chi connectivity index (χ1) is 25.9. The molecule has 54 heavy (non-hydrogen) atoms. The molecule has 2 heterocycles. The van der Waals surface area contributed by atoms with Gasteiger partial charge in [-0.1, -0.05) is 83.9 Å². The Labute approximate surface area is 322 Å². The number of nitrogens with zero attached hydrogens (tertiary/aromatic N) is 8. The van der Waals surface area contributed by atoms with Crippen LogP contribution in [0.4, 0.5) is 22.7 Å². The monoisotopic (exact) mass is 760 g/mol. The maximum atomic E-state index is 13.2. The lowest BCUT2D eigenvalue weighted by molar-refractivity contribution is 0.630. The number of hydrogen-bond donors (Lipinski definition) is 2. The normalized spacial score (nSPS) is 12.7. The topological polar surface area (TPSA) is 127 Å². The summed E-state index contributed by atoms with van der Waals surface area (Å²) in [6.07, 6.45) is 0. The Morgan fingerprint density at radius 3 is 1.20 bits per heavy atom. The van der Waals surface area contributed by atoms with E-state index in [1.165, 1.54) is 0 Å². The number of benzene rings is 4. The van der Waals surface area contributed by atoms with Gasteiger partial charge in [-0.3, -0.25) is 29.8 Å². The largest absolute Gasteiger partial charge is 0.297 e. The van der Waals surface area contributed by atoms with Gasteiger partial charge in [-0.25, -0.2) is 19.3 Å². The zero-order chi connectivity index (χ0) is 38.5. The highest BCUT2D eigenvalue weighted by Crippen LogP contribution is 2.24. The second-order valence-electron chi connectivity index (χ2n) is 12.4. The van der Waals surface area contributed by atoms with Crippen LogP contribution < -0.4 is 22.0 Å². The number of aliphatic imine (C=N–C) groups is 2. The molecule has 6 aromatic rings. The lowest BCUT2D eigenvalue weighted by Gasteiger charge is -2.07. The molecule has 0 saturated carbocycles. The molecule has 2 aromatic heterocycles. The van der Waals surface area contributed by atoms with Gasteiger partial charge in [-0.05, 0) is 87.4 Å². The van der Waals surface area contributed by atoms with Crippen molar-refractivity contribution in [3.8, 4) is 22.5 Å². The molecular formula is C40H38Cl2N10O2. The zero-order valence-corrected chi connectivity index (χ0v) is 32.1. The molecule has 0 saturated heterocycles. The molecule has 0 spiro atoms. The van der Waals surface area contributed by atoms with Gasteiger partial charge in [0.15, 0.2) is 21.7 Å². The van der Waals surface area contributed by atoms with E-state index in [1.807, 2.05) is 137 Å². The van der Waals surface area contributed by atoms with Gasteiger partial charge in [0.25, 0.3) is 11.1 Å². The van der Waals surface area contributed by atoms with Gasteiger partial charge in [-0.2, -0.15) is 10.2 Å². The number of halogens is 2. The fraction of sp³-hybridized carbons (Fsp3) is 0.150. The molecule has 12 nitrogen and oxygen atoms in total. The van der Waals surface area contributed by atoms with Gasteiger partial charge in [0.2, 0.25) is 0 Å². The summed E-state index contributed by atoms with van der Waals surface area (Å²) < 4.78 is 6.66. The van der Waals surface area contributed by atoms with Crippen molar-refractivity contribution in [2.75, 3.05) is 10.9 Å². The molecule has 0 amide bonds. The standard InChI is InChI=1S/C40H38Cl2N10O2/c1-25(43-35-27(3)49(5)51(39(35)53)33-13-9-7-10-14-33)37(41)47-45-31-21-17-29(18-22-31)30-19-23-32(24-20-30)46-48-38(42)26(2)44-36-28(4)50(6)52(40(36)54)34-15-11-8-12-16-34/h7-24,45-46H,1-6H3/b43-25?,44-26?,47-37+,48-38+. The molecule has 0 aliphatic rings. The highest BCUT2D eigenvalue weighted by Gasteiger charge is 2.18. The number of anilines is 2. The van der Waals surface area contributed by atoms with E-state index < -0.39 is 0 Å². The summed E-state index contributed by atoms with van der Waals surface area (Å²) in [4.78, 5) is 35.5. The first-order valence-electron chi connectivity index (χ1n) is 16.9. The van der Waals surface area contributed by atoms with Gasteiger partial charge in [0.05, 0.1) is 45.6 Å². The number of rotatable bonds is 11. The highest BCUT2D eigenvalue weighted by molar-refractivity contribution is 6.84. The predicted octanol–water partition coefficient (Wildman–Crippen LogP) is 8.46. The van der Waals surface area contributed by atoms with Crippen molar-refractivity contribution in [2.24, 2.45) is 34.3 Å². The van der Waals surface area contributed by atoms with Crippen LogP contribution in [0.5, 0.6) is 0 Å². The highest BCUT2D eigenvalue weighted by atomic mass is 35.5. The van der Waals surface area contributed by atoms with Gasteiger partial charge < -0.3 is 0 Å². The molecular weight excluding hydrogens is 723 g/mol. The molecule has 0 radical (unpaired) electrons. The number of hydrazone groups is 2. The lowest BCUT2D eigenvalue weighted by atomic mass is 10.1. The third-order valence-corrected chi connectivity index (χ3v) is 9.59. The third kappa shape index (κ3) is 7.89. The minimum absolute atomic E-state index is 0.127. The molecule has 0 bridgehead atoms. The van der Waals surface area contributed by atoms with Crippen LogP contribution in [0, 0.1) is 13.8 Å². The maximum Gasteiger partial charge on any atom is 0.297 e. The van der Waals surface area contributed by atoms with Gasteiger partial charge in [0.1, 0.15) is 0 Å². The molecule has 0 aliphatic heterocycles. The molecule has 0 aliphatic carbocycles. The lowest BCUT2D eigenvalue weighted by Crippen LogP contribution is -2.19. The Morgan fingerprint density at radius 2 is 0.870 bits per heavy atom. The van der Waals surface area contributed by atoms with E-state index in [2.05, 4.69) is 31.0 Å². The summed E-state index contributed by atoms with van der Waals surface area (Å²) in [5, 5.41) is 8.80. The second kappa shape index (κ2) is 16.2. The Bertz CT molecular complexity index is 2360. The van der Waals surface area contributed by atoms with Crippen LogP contribution in [-0.4, -0.2) is 40.5 Å². The summed E-state index contributed by atoms with van der Waals surface area (Å²) >= 11 is 13.0. The van der Waals surface area contributed by atoms with Gasteiger partial charge in [-0.15, -0.1) is 0 Å². The average molecular weight is 762 g/mol. The van der Waals surface area contributed by atoms with Gasteiger partial charge in [0, 0.05) is 14.1 Å². The summed E-state index contributed by atoms with van der Waals surface area (Å²) in [5.74, 6) is 0. The minimum Gasteiger partial charge on any atom is -0.283 e. The van der Waals surface area contributed by atoms with Crippen molar-refractivity contribution in [2.45, 2.75) is 27.7 Å². The van der Waals surface area contributed by atoms with Crippen molar-refractivity contribution in [1.29, 1.82) is 0 Å². The summed E-state index contributed by atoms with van der Waals surface area (Å²) in [6, 6.07) is 34.1. The van der Waals surface area contributed by atoms with Crippen molar-refractivity contribution >= 4 is 67.7 Å². The Morgan fingerprint density at radius 1 is 0.537 bits per heavy atom. The molecule has 2 N–H and O–H groups in total. The Hall–Kier alpha value is -6.24. The van der Waals surface area contributed by atoms with Crippen molar-refractivity contribution in [3.05, 3.63) is 141 Å². The van der Waals surface area contributed by atoms with Crippen molar-refractivity contribution < 1.29 is 0 Å². The van der Waals surface area contributed by atoms with E-state index in [0.717, 1.165) is 33.9 Å². The molecule has 0 atom stereocenters. The second-order valence-corrected chi connectivity index (χ2v) is 13.1. The number of hydrogen-bond acceptors (Lipinski definition) is 8. The molecule has 6 rings (SSSR count). The van der Waals surface area contributed by atoms with Crippen molar-refractivity contribution in [1.82, 2.24) is 18.7 Å². The first-order valence-corrected chi connectivity index (χ1v) is 17.7. The minimum atomic E-state index is -0.246. The smallest absolute Gasteiger partial charge is 0.283 e. The van der Waals surface area contributed by atoms with Crippen LogP contribution >= 0.6 is 23.2 Å². The van der Waals surface area contributed by atoms with Gasteiger partial charge >= 0.3 is 0 Å².